The third-order valence-electron chi connectivity index (χ3n) is 9.32. The fourth-order valence-corrected chi connectivity index (χ4v) is 6.53. The molecule has 5 atom stereocenters. The summed E-state index contributed by atoms with van der Waals surface area (Å²) in [4.78, 5) is 39.7. The Morgan fingerprint density at radius 1 is 0.957 bits per heavy atom. The zero-order valence-electron chi connectivity index (χ0n) is 28.4. The molecule has 46 heavy (non-hydrogen) atoms. The number of rotatable bonds is 14. The van der Waals surface area contributed by atoms with Crippen molar-refractivity contribution in [2.75, 3.05) is 13.2 Å². The number of benzene rings is 2. The summed E-state index contributed by atoms with van der Waals surface area (Å²) in [5, 5.41) is 6.14. The first-order chi connectivity index (χ1) is 21.9. The zero-order chi connectivity index (χ0) is 33.2. The Kier molecular flexibility index (Phi) is 12.8. The molecule has 1 aliphatic carbocycles. The number of carbonyl (C=O) groups excluding carboxylic acids is 3. The monoisotopic (exact) mass is 634 g/mol. The lowest BCUT2D eigenvalue weighted by Crippen LogP contribution is -2.56. The molecule has 252 valence electrons. The highest BCUT2D eigenvalue weighted by Gasteiger charge is 2.45. The van der Waals surface area contributed by atoms with E-state index in [0.29, 0.717) is 13.0 Å². The summed E-state index contributed by atoms with van der Waals surface area (Å²) in [7, 11) is 0. The van der Waals surface area contributed by atoms with Crippen LogP contribution >= 0.6 is 0 Å². The van der Waals surface area contributed by atoms with Crippen LogP contribution in [0.2, 0.25) is 0 Å². The van der Waals surface area contributed by atoms with Gasteiger partial charge in [0.2, 0.25) is 11.8 Å². The van der Waals surface area contributed by atoms with E-state index < -0.39 is 17.3 Å². The second-order valence-electron chi connectivity index (χ2n) is 14.3. The van der Waals surface area contributed by atoms with Crippen molar-refractivity contribution in [2.24, 2.45) is 11.3 Å². The number of hydrogen-bond acceptors (Lipinski definition) is 6. The highest BCUT2D eigenvalue weighted by Crippen LogP contribution is 2.35. The molecule has 4 rings (SSSR count). The molecule has 1 aliphatic heterocycles. The van der Waals surface area contributed by atoms with Crippen LogP contribution in [0.15, 0.2) is 60.7 Å². The van der Waals surface area contributed by atoms with Gasteiger partial charge in [-0.25, -0.2) is 0 Å². The number of esters is 1. The van der Waals surface area contributed by atoms with Crippen LogP contribution in [0.1, 0.15) is 103 Å². The van der Waals surface area contributed by atoms with E-state index in [1.54, 1.807) is 13.8 Å². The van der Waals surface area contributed by atoms with Gasteiger partial charge in [-0.3, -0.25) is 14.4 Å². The Hall–Kier alpha value is -3.23. The average molecular weight is 635 g/mol. The molecule has 2 aromatic carbocycles. The minimum absolute atomic E-state index is 0.0399. The van der Waals surface area contributed by atoms with E-state index in [0.717, 1.165) is 44.9 Å². The van der Waals surface area contributed by atoms with Crippen molar-refractivity contribution < 1.29 is 28.6 Å². The number of hydrogen-bond donors (Lipinski definition) is 2. The molecule has 0 aromatic heterocycles. The van der Waals surface area contributed by atoms with Crippen molar-refractivity contribution in [2.45, 2.75) is 122 Å². The molecule has 2 fully saturated rings. The topological polar surface area (TPSA) is 103 Å². The van der Waals surface area contributed by atoms with Crippen LogP contribution in [0.5, 0.6) is 0 Å². The minimum Gasteiger partial charge on any atom is -0.460 e. The maximum Gasteiger partial charge on any atom is 0.307 e. The van der Waals surface area contributed by atoms with Crippen molar-refractivity contribution in [3.05, 3.63) is 71.8 Å². The summed E-state index contributed by atoms with van der Waals surface area (Å²) in [6.45, 7) is 10.2. The second kappa shape index (κ2) is 16.6. The number of ether oxygens (including phenoxy) is 3. The van der Waals surface area contributed by atoms with E-state index in [1.165, 1.54) is 11.1 Å². The SMILES string of the molecule is CC(CC(CCCc1ccccc1)C(=O)NC1CCCC[C@@H]1OC(=O)CCNC(=O)C1OC(C)(C)OCC1(C)C)c1ccccc1. The smallest absolute Gasteiger partial charge is 0.307 e. The van der Waals surface area contributed by atoms with Gasteiger partial charge in [0.05, 0.1) is 19.1 Å². The van der Waals surface area contributed by atoms with Crippen LogP contribution < -0.4 is 10.6 Å². The number of carbonyl (C=O) groups is 3. The predicted octanol–water partition coefficient (Wildman–Crippen LogP) is 6.47. The molecule has 8 heteroatoms. The van der Waals surface area contributed by atoms with Crippen molar-refractivity contribution in [3.8, 4) is 0 Å². The molecule has 1 saturated heterocycles. The molecule has 2 N–H and O–H groups in total. The fourth-order valence-electron chi connectivity index (χ4n) is 6.53. The number of nitrogens with one attached hydrogen (secondary N) is 2. The molecule has 0 spiro atoms. The normalized spacial score (nSPS) is 23.5. The van der Waals surface area contributed by atoms with E-state index in [9.17, 15) is 14.4 Å². The molecule has 8 nitrogen and oxygen atoms in total. The Bertz CT molecular complexity index is 1260. The summed E-state index contributed by atoms with van der Waals surface area (Å²) < 4.78 is 17.5. The molecule has 2 aromatic rings. The molecular weight excluding hydrogens is 580 g/mol. The maximum atomic E-state index is 13.8. The van der Waals surface area contributed by atoms with Crippen molar-refractivity contribution >= 4 is 17.8 Å². The van der Waals surface area contributed by atoms with Gasteiger partial charge in [-0.1, -0.05) is 87.9 Å². The predicted molar refractivity (Wildman–Crippen MR) is 179 cm³/mol. The number of amides is 2. The lowest BCUT2D eigenvalue weighted by molar-refractivity contribution is -0.304. The molecule has 0 bridgehead atoms. The lowest BCUT2D eigenvalue weighted by atomic mass is 9.85. The molecule has 2 amide bonds. The van der Waals surface area contributed by atoms with Gasteiger partial charge < -0.3 is 24.8 Å². The summed E-state index contributed by atoms with van der Waals surface area (Å²) in [6, 6.07) is 20.5. The van der Waals surface area contributed by atoms with Crippen molar-refractivity contribution in [1.29, 1.82) is 0 Å². The van der Waals surface area contributed by atoms with Gasteiger partial charge in [0.15, 0.2) is 5.79 Å². The van der Waals surface area contributed by atoms with Gasteiger partial charge in [0.1, 0.15) is 12.2 Å². The Morgan fingerprint density at radius 3 is 2.35 bits per heavy atom. The van der Waals surface area contributed by atoms with Crippen LogP contribution in [-0.2, 0) is 35.0 Å². The van der Waals surface area contributed by atoms with E-state index in [1.807, 2.05) is 38.1 Å². The highest BCUT2D eigenvalue weighted by atomic mass is 16.7. The molecule has 1 heterocycles. The fraction of sp³-hybridized carbons (Fsp3) is 0.605. The maximum absolute atomic E-state index is 13.8. The van der Waals surface area contributed by atoms with Crippen LogP contribution in [0.4, 0.5) is 0 Å². The molecule has 1 saturated carbocycles. The van der Waals surface area contributed by atoms with Crippen LogP contribution in [0.3, 0.4) is 0 Å². The van der Waals surface area contributed by atoms with Crippen molar-refractivity contribution in [3.63, 3.8) is 0 Å². The first-order valence-corrected chi connectivity index (χ1v) is 17.1. The summed E-state index contributed by atoms with van der Waals surface area (Å²) in [5.41, 5.74) is 2.02. The average Bonchev–Trinajstić information content (AvgIpc) is 3.03. The zero-order valence-corrected chi connectivity index (χ0v) is 28.4. The summed E-state index contributed by atoms with van der Waals surface area (Å²) in [6.07, 6.45) is 5.79. The van der Waals surface area contributed by atoms with E-state index in [2.05, 4.69) is 54.0 Å². The van der Waals surface area contributed by atoms with Gasteiger partial charge in [-0.2, -0.15) is 0 Å². The number of aryl methyl sites for hydroxylation is 1. The van der Waals surface area contributed by atoms with Gasteiger partial charge in [0, 0.05) is 17.9 Å². The summed E-state index contributed by atoms with van der Waals surface area (Å²) >= 11 is 0. The lowest BCUT2D eigenvalue weighted by Gasteiger charge is -2.44. The van der Waals surface area contributed by atoms with Gasteiger partial charge in [-0.15, -0.1) is 0 Å². The Labute approximate surface area is 275 Å². The minimum atomic E-state index is -0.850. The third-order valence-corrected chi connectivity index (χ3v) is 9.32. The van der Waals surface area contributed by atoms with Crippen LogP contribution in [-0.4, -0.2) is 55.0 Å². The molecular formula is C38H54N2O6. The quantitative estimate of drug-likeness (QED) is 0.231. The van der Waals surface area contributed by atoms with Crippen LogP contribution in [0, 0.1) is 11.3 Å². The molecule has 4 unspecified atom stereocenters. The Morgan fingerprint density at radius 2 is 1.63 bits per heavy atom. The van der Waals surface area contributed by atoms with E-state index >= 15 is 0 Å². The highest BCUT2D eigenvalue weighted by molar-refractivity contribution is 5.82. The third kappa shape index (κ3) is 10.7. The van der Waals surface area contributed by atoms with E-state index in [4.69, 9.17) is 14.2 Å². The largest absolute Gasteiger partial charge is 0.460 e. The standard InChI is InChI=1S/C38H54N2O6/c1-27(29-18-10-7-11-19-29)25-30(20-14-17-28-15-8-6-9-16-28)35(42)40-31-21-12-13-22-32(31)45-33(41)23-24-39-36(43)34-37(2,3)26-44-38(4,5)46-34/h6-11,15-16,18-19,27,30-32,34H,12-14,17,20-26H2,1-5H3,(H,39,43)(H,40,42)/t27?,30?,31?,32-,34?/m0/s1. The van der Waals surface area contributed by atoms with Gasteiger partial charge in [0.25, 0.3) is 0 Å². The second-order valence-corrected chi connectivity index (χ2v) is 14.3. The first-order valence-electron chi connectivity index (χ1n) is 17.1. The molecule has 2 aliphatic rings. The first kappa shape index (κ1) is 35.6. The van der Waals surface area contributed by atoms with Gasteiger partial charge >= 0.3 is 5.97 Å². The van der Waals surface area contributed by atoms with Crippen molar-refractivity contribution in [1.82, 2.24) is 10.6 Å². The van der Waals surface area contributed by atoms with E-state index in [-0.39, 0.29) is 54.7 Å². The van der Waals surface area contributed by atoms with Gasteiger partial charge in [-0.05, 0) is 75.8 Å². The molecule has 0 radical (unpaired) electrons. The van der Waals surface area contributed by atoms with Crippen LogP contribution in [0.25, 0.3) is 0 Å². The summed E-state index contributed by atoms with van der Waals surface area (Å²) in [5.74, 6) is -1.35. The Balaban J connectivity index is 1.31.